The van der Waals surface area contributed by atoms with Gasteiger partial charge in [-0.15, -0.1) is 6.42 Å². The second kappa shape index (κ2) is 3.38. The van der Waals surface area contributed by atoms with E-state index in [0.717, 1.165) is 0 Å². The van der Waals surface area contributed by atoms with Gasteiger partial charge in [0.15, 0.2) is 0 Å². The van der Waals surface area contributed by atoms with E-state index in [9.17, 15) is 4.39 Å². The molecule has 1 unspecified atom stereocenters. The lowest BCUT2D eigenvalue weighted by atomic mass is 10.1. The van der Waals surface area contributed by atoms with E-state index in [-0.39, 0.29) is 5.82 Å². The van der Waals surface area contributed by atoms with Gasteiger partial charge >= 0.3 is 0 Å². The van der Waals surface area contributed by atoms with Gasteiger partial charge in [-0.1, -0.05) is 18.1 Å². The van der Waals surface area contributed by atoms with Crippen molar-refractivity contribution in [1.82, 2.24) is 0 Å². The standard InChI is InChI=1S/C10H10FN/c1-3-10(12)8-5-4-7(2)9(11)6-8/h1,4-6,10H,12H2,2H3. The molecule has 0 spiro atoms. The summed E-state index contributed by atoms with van der Waals surface area (Å²) in [6.45, 7) is 1.69. The first-order chi connectivity index (χ1) is 5.65. The molecular formula is C10H10FN. The van der Waals surface area contributed by atoms with Gasteiger partial charge in [-0.3, -0.25) is 0 Å². The van der Waals surface area contributed by atoms with E-state index in [1.807, 2.05) is 0 Å². The summed E-state index contributed by atoms with van der Waals surface area (Å²) < 4.78 is 13.0. The molecule has 2 N–H and O–H groups in total. The first-order valence-corrected chi connectivity index (χ1v) is 3.63. The van der Waals surface area contributed by atoms with Crippen LogP contribution in [0.1, 0.15) is 17.2 Å². The Labute approximate surface area is 71.4 Å². The number of benzene rings is 1. The quantitative estimate of drug-likeness (QED) is 0.627. The molecule has 1 nitrogen and oxygen atoms in total. The number of halogens is 1. The van der Waals surface area contributed by atoms with Crippen LogP contribution in [0.3, 0.4) is 0 Å². The van der Waals surface area contributed by atoms with E-state index in [1.54, 1.807) is 19.1 Å². The Hall–Kier alpha value is -1.33. The maximum absolute atomic E-state index is 13.0. The van der Waals surface area contributed by atoms with E-state index >= 15 is 0 Å². The molecule has 0 aliphatic carbocycles. The Bertz CT molecular complexity index is 325. The van der Waals surface area contributed by atoms with Crippen LogP contribution in [-0.2, 0) is 0 Å². The molecule has 0 aliphatic heterocycles. The Balaban J connectivity index is 3.06. The molecule has 1 aromatic rings. The molecule has 2 heteroatoms. The largest absolute Gasteiger partial charge is 0.314 e. The van der Waals surface area contributed by atoms with Crippen LogP contribution in [0.25, 0.3) is 0 Å². The summed E-state index contributed by atoms with van der Waals surface area (Å²) in [5, 5.41) is 0. The summed E-state index contributed by atoms with van der Waals surface area (Å²) in [5.74, 6) is 2.07. The van der Waals surface area contributed by atoms with Gasteiger partial charge in [0.05, 0.1) is 6.04 Å². The molecule has 1 aromatic carbocycles. The molecule has 0 amide bonds. The molecule has 1 rings (SSSR count). The van der Waals surface area contributed by atoms with Gasteiger partial charge in [-0.2, -0.15) is 0 Å². The van der Waals surface area contributed by atoms with Crippen LogP contribution < -0.4 is 5.73 Å². The van der Waals surface area contributed by atoms with Crippen molar-refractivity contribution in [3.63, 3.8) is 0 Å². The van der Waals surface area contributed by atoms with E-state index in [4.69, 9.17) is 12.2 Å². The lowest BCUT2D eigenvalue weighted by Gasteiger charge is -2.05. The highest BCUT2D eigenvalue weighted by molar-refractivity contribution is 5.29. The van der Waals surface area contributed by atoms with Crippen molar-refractivity contribution in [2.24, 2.45) is 5.73 Å². The third kappa shape index (κ3) is 1.63. The highest BCUT2D eigenvalue weighted by Crippen LogP contribution is 2.13. The third-order valence-corrected chi connectivity index (χ3v) is 1.73. The Morgan fingerprint density at radius 1 is 1.58 bits per heavy atom. The van der Waals surface area contributed by atoms with Gasteiger partial charge in [0.1, 0.15) is 5.82 Å². The fourth-order valence-corrected chi connectivity index (χ4v) is 0.899. The zero-order valence-corrected chi connectivity index (χ0v) is 6.84. The minimum absolute atomic E-state index is 0.266. The zero-order chi connectivity index (χ0) is 9.14. The minimum atomic E-state index is -0.514. The van der Waals surface area contributed by atoms with Crippen molar-refractivity contribution in [3.05, 3.63) is 35.1 Å². The molecule has 0 saturated heterocycles. The molecule has 0 saturated carbocycles. The Kier molecular flexibility index (Phi) is 2.47. The highest BCUT2D eigenvalue weighted by atomic mass is 19.1. The van der Waals surface area contributed by atoms with Gasteiger partial charge in [0.2, 0.25) is 0 Å². The fourth-order valence-electron chi connectivity index (χ4n) is 0.899. The molecule has 0 radical (unpaired) electrons. The average molecular weight is 163 g/mol. The number of hydrogen-bond donors (Lipinski definition) is 1. The second-order valence-electron chi connectivity index (χ2n) is 2.65. The second-order valence-corrected chi connectivity index (χ2v) is 2.65. The summed E-state index contributed by atoms with van der Waals surface area (Å²) >= 11 is 0. The van der Waals surface area contributed by atoms with Crippen LogP contribution >= 0.6 is 0 Å². The minimum Gasteiger partial charge on any atom is -0.314 e. The van der Waals surface area contributed by atoms with E-state index in [1.165, 1.54) is 6.07 Å². The predicted octanol–water partition coefficient (Wildman–Crippen LogP) is 1.77. The predicted molar refractivity (Wildman–Crippen MR) is 46.9 cm³/mol. The average Bonchev–Trinajstić information content (AvgIpc) is 2.08. The molecule has 0 heterocycles. The van der Waals surface area contributed by atoms with E-state index in [2.05, 4.69) is 5.92 Å². The van der Waals surface area contributed by atoms with Crippen molar-refractivity contribution in [3.8, 4) is 12.3 Å². The van der Waals surface area contributed by atoms with Crippen LogP contribution in [0.2, 0.25) is 0 Å². The monoisotopic (exact) mass is 163 g/mol. The van der Waals surface area contributed by atoms with Gasteiger partial charge in [-0.25, -0.2) is 4.39 Å². The molecule has 0 aromatic heterocycles. The van der Waals surface area contributed by atoms with Crippen molar-refractivity contribution in [2.45, 2.75) is 13.0 Å². The number of terminal acetylenes is 1. The number of hydrogen-bond acceptors (Lipinski definition) is 1. The normalized spacial score (nSPS) is 12.2. The first kappa shape index (κ1) is 8.76. The van der Waals surface area contributed by atoms with E-state index in [0.29, 0.717) is 11.1 Å². The number of nitrogens with two attached hydrogens (primary N) is 1. The fraction of sp³-hybridized carbons (Fsp3) is 0.200. The van der Waals surface area contributed by atoms with Crippen LogP contribution in [0, 0.1) is 25.1 Å². The topological polar surface area (TPSA) is 26.0 Å². The summed E-state index contributed by atoms with van der Waals surface area (Å²) in [4.78, 5) is 0. The molecule has 0 aliphatic rings. The molecule has 1 atom stereocenters. The number of rotatable bonds is 1. The number of aryl methyl sites for hydroxylation is 1. The molecule has 62 valence electrons. The highest BCUT2D eigenvalue weighted by Gasteiger charge is 2.04. The van der Waals surface area contributed by atoms with Crippen LogP contribution in [0.5, 0.6) is 0 Å². The third-order valence-electron chi connectivity index (χ3n) is 1.73. The van der Waals surface area contributed by atoms with Gasteiger partial charge in [0.25, 0.3) is 0 Å². The van der Waals surface area contributed by atoms with Crippen LogP contribution in [0.4, 0.5) is 4.39 Å². The van der Waals surface area contributed by atoms with Gasteiger partial charge in [0, 0.05) is 0 Å². The van der Waals surface area contributed by atoms with Gasteiger partial charge < -0.3 is 5.73 Å². The molecular weight excluding hydrogens is 153 g/mol. The van der Waals surface area contributed by atoms with Gasteiger partial charge in [-0.05, 0) is 24.1 Å². The maximum Gasteiger partial charge on any atom is 0.126 e. The summed E-state index contributed by atoms with van der Waals surface area (Å²) in [6, 6.07) is 4.27. The van der Waals surface area contributed by atoms with Crippen molar-refractivity contribution in [1.29, 1.82) is 0 Å². The summed E-state index contributed by atoms with van der Waals surface area (Å²) in [6.07, 6.45) is 5.09. The lowest BCUT2D eigenvalue weighted by molar-refractivity contribution is 0.615. The van der Waals surface area contributed by atoms with Crippen molar-refractivity contribution < 1.29 is 4.39 Å². The summed E-state index contributed by atoms with van der Waals surface area (Å²) in [7, 11) is 0. The van der Waals surface area contributed by atoms with Crippen LogP contribution in [0.15, 0.2) is 18.2 Å². The molecule has 0 bridgehead atoms. The molecule has 12 heavy (non-hydrogen) atoms. The lowest BCUT2D eigenvalue weighted by Crippen LogP contribution is -2.07. The maximum atomic E-state index is 13.0. The first-order valence-electron chi connectivity index (χ1n) is 3.63. The van der Waals surface area contributed by atoms with Crippen molar-refractivity contribution >= 4 is 0 Å². The zero-order valence-electron chi connectivity index (χ0n) is 6.84. The van der Waals surface area contributed by atoms with Crippen molar-refractivity contribution in [2.75, 3.05) is 0 Å². The Morgan fingerprint density at radius 3 is 2.75 bits per heavy atom. The summed E-state index contributed by atoms with van der Waals surface area (Å²) in [5.41, 5.74) is 6.75. The molecule has 0 fully saturated rings. The Morgan fingerprint density at radius 2 is 2.25 bits per heavy atom. The smallest absolute Gasteiger partial charge is 0.126 e. The SMILES string of the molecule is C#CC(N)c1ccc(C)c(F)c1. The van der Waals surface area contributed by atoms with Crippen LogP contribution in [-0.4, -0.2) is 0 Å². The van der Waals surface area contributed by atoms with E-state index < -0.39 is 6.04 Å².